The number of aromatic hydroxyl groups is 1. The molecule has 282 valence electrons. The number of rotatable bonds is 8. The maximum absolute atomic E-state index is 17.3. The molecule has 2 aromatic heterocycles. The van der Waals surface area contributed by atoms with Crippen LogP contribution >= 0.6 is 0 Å². The second-order valence-corrected chi connectivity index (χ2v) is 15.2. The minimum absolute atomic E-state index is 0.00390. The first-order valence-electron chi connectivity index (χ1n) is 18.8. The van der Waals surface area contributed by atoms with E-state index in [1.54, 1.807) is 14.0 Å². The normalized spacial score (nSPS) is 21.4. The van der Waals surface area contributed by atoms with E-state index in [2.05, 4.69) is 15.2 Å². The number of nitrogens with one attached hydrogen (secondary N) is 1. The summed E-state index contributed by atoms with van der Waals surface area (Å²) in [7, 11) is 1.57. The van der Waals surface area contributed by atoms with Crippen LogP contribution in [0.5, 0.6) is 11.8 Å². The molecule has 14 heteroatoms. The summed E-state index contributed by atoms with van der Waals surface area (Å²) in [6.07, 6.45) is 3.69. The summed E-state index contributed by atoms with van der Waals surface area (Å²) < 4.78 is 71.9. The molecule has 0 bridgehead atoms. The van der Waals surface area contributed by atoms with Crippen molar-refractivity contribution in [2.24, 2.45) is 0 Å². The van der Waals surface area contributed by atoms with Crippen LogP contribution in [0.25, 0.3) is 32.8 Å². The molecule has 2 saturated heterocycles. The van der Waals surface area contributed by atoms with Gasteiger partial charge in [-0.15, -0.1) is 0 Å². The fourth-order valence-corrected chi connectivity index (χ4v) is 9.20. The van der Waals surface area contributed by atoms with Crippen molar-refractivity contribution in [1.29, 1.82) is 0 Å². The topological polar surface area (TPSA) is 109 Å². The number of benzene rings is 3. The van der Waals surface area contributed by atoms with Gasteiger partial charge in [0.1, 0.15) is 41.5 Å². The van der Waals surface area contributed by atoms with Crippen molar-refractivity contribution in [3.05, 3.63) is 70.3 Å². The zero-order valence-corrected chi connectivity index (χ0v) is 30.2. The van der Waals surface area contributed by atoms with Crippen LogP contribution in [0.1, 0.15) is 78.7 Å². The van der Waals surface area contributed by atoms with E-state index < -0.39 is 34.7 Å². The van der Waals surface area contributed by atoms with Crippen LogP contribution in [-0.2, 0) is 19.5 Å². The van der Waals surface area contributed by atoms with Crippen molar-refractivity contribution >= 4 is 33.4 Å². The minimum Gasteiger partial charge on any atom is -0.508 e. The fraction of sp³-hybridized carbons (Fsp3) is 0.450. The number of alkyl halides is 1. The molecule has 3 aromatic carbocycles. The first-order chi connectivity index (χ1) is 26.1. The number of fused-ring (bicyclic) bond motifs is 4. The average Bonchev–Trinajstić information content (AvgIpc) is 3.78. The molecule has 10 nitrogen and oxygen atoms in total. The van der Waals surface area contributed by atoms with E-state index >= 15 is 13.2 Å². The van der Waals surface area contributed by atoms with E-state index in [1.807, 2.05) is 9.58 Å². The number of carbonyl (C=O) groups excluding carboxylic acids is 1. The van der Waals surface area contributed by atoms with Gasteiger partial charge in [0.15, 0.2) is 11.5 Å². The number of phenolic OH excluding ortho intramolecular Hbond substituents is 1. The summed E-state index contributed by atoms with van der Waals surface area (Å²) in [6, 6.07) is 6.49. The Balaban J connectivity index is 1.22. The largest absolute Gasteiger partial charge is 0.508 e. The smallest absolute Gasteiger partial charge is 0.319 e. The van der Waals surface area contributed by atoms with Gasteiger partial charge in [0.05, 0.1) is 23.3 Å². The summed E-state index contributed by atoms with van der Waals surface area (Å²) in [5.74, 6) is -2.53. The highest BCUT2D eigenvalue weighted by Gasteiger charge is 2.49. The lowest BCUT2D eigenvalue weighted by atomic mass is 9.91. The van der Waals surface area contributed by atoms with Crippen LogP contribution in [0, 0.1) is 17.5 Å². The third kappa shape index (κ3) is 5.63. The van der Waals surface area contributed by atoms with Crippen LogP contribution in [0.4, 0.5) is 23.4 Å². The maximum Gasteiger partial charge on any atom is 0.319 e. The summed E-state index contributed by atoms with van der Waals surface area (Å²) >= 11 is 0. The lowest BCUT2D eigenvalue weighted by Gasteiger charge is -2.31. The number of amides is 1. The summed E-state index contributed by atoms with van der Waals surface area (Å²) in [5.41, 5.74) is 1.18. The second-order valence-electron chi connectivity index (χ2n) is 15.2. The molecule has 1 saturated carbocycles. The summed E-state index contributed by atoms with van der Waals surface area (Å²) in [4.78, 5) is 26.3. The Morgan fingerprint density at radius 2 is 1.91 bits per heavy atom. The number of hydrogen-bond donors (Lipinski definition) is 2. The highest BCUT2D eigenvalue weighted by Crippen LogP contribution is 2.46. The Bertz CT molecular complexity index is 2350. The molecule has 0 radical (unpaired) electrons. The predicted octanol–water partition coefficient (Wildman–Crippen LogP) is 6.93. The van der Waals surface area contributed by atoms with Crippen LogP contribution in [0.15, 0.2) is 30.3 Å². The van der Waals surface area contributed by atoms with Gasteiger partial charge in [0.2, 0.25) is 0 Å². The lowest BCUT2D eigenvalue weighted by molar-refractivity contribution is 0.0956. The third-order valence-electron chi connectivity index (χ3n) is 11.8. The highest BCUT2D eigenvalue weighted by molar-refractivity contribution is 6.03. The molecule has 0 unspecified atom stereocenters. The van der Waals surface area contributed by atoms with Crippen molar-refractivity contribution in [1.82, 2.24) is 30.0 Å². The van der Waals surface area contributed by atoms with Gasteiger partial charge in [-0.3, -0.25) is 14.4 Å². The summed E-state index contributed by atoms with van der Waals surface area (Å²) in [5, 5.41) is 18.9. The van der Waals surface area contributed by atoms with Crippen molar-refractivity contribution in [3.8, 4) is 22.9 Å². The van der Waals surface area contributed by atoms with E-state index in [4.69, 9.17) is 14.8 Å². The number of aryl methyl sites for hydroxylation is 2. The quantitative estimate of drug-likeness (QED) is 0.165. The molecule has 54 heavy (non-hydrogen) atoms. The molecule has 2 atom stereocenters. The van der Waals surface area contributed by atoms with Gasteiger partial charge in [-0.2, -0.15) is 15.1 Å². The van der Waals surface area contributed by atoms with Crippen molar-refractivity contribution in [3.63, 3.8) is 0 Å². The van der Waals surface area contributed by atoms with Gasteiger partial charge in [0.25, 0.3) is 5.91 Å². The number of phenols is 1. The van der Waals surface area contributed by atoms with Crippen LogP contribution in [-0.4, -0.2) is 80.7 Å². The number of nitrogens with zero attached hydrogens (tertiary/aromatic N) is 6. The Morgan fingerprint density at radius 1 is 1.07 bits per heavy atom. The number of halogens is 4. The first kappa shape index (κ1) is 34.8. The molecule has 1 amide bonds. The Labute approximate surface area is 309 Å². The number of carbonyl (C=O) groups is 1. The molecule has 0 spiro atoms. The maximum atomic E-state index is 17.3. The van der Waals surface area contributed by atoms with Gasteiger partial charge >= 0.3 is 6.01 Å². The van der Waals surface area contributed by atoms with Crippen molar-refractivity contribution in [2.45, 2.75) is 82.6 Å². The zero-order chi connectivity index (χ0) is 37.5. The Kier molecular flexibility index (Phi) is 8.43. The zero-order valence-electron chi connectivity index (χ0n) is 30.2. The number of anilines is 1. The second kappa shape index (κ2) is 13.1. The standard InChI is InChI=1S/C40H41F4N7O3/c1-3-25-28(42)9-8-22-14-24(52)15-26(31(22)25)33-29(43)16-27-35(34(33)44)46-39(54-20-40-10-4-12-50(40)18-23(41)17-40)47-37(27)49-11-5-13-51-30(19-49)32(21-6-7-21)36(48-51)38(53)45-2/h8-9,14-16,21,23,52H,3-7,10-13,17-20H2,1-2H3,(H,45,53)/t23-,40+/m1/s1. The molecule has 3 aliphatic heterocycles. The molecule has 1 aliphatic carbocycles. The number of hydrogen-bond acceptors (Lipinski definition) is 8. The average molecular weight is 744 g/mol. The molecule has 4 aliphatic rings. The van der Waals surface area contributed by atoms with E-state index in [0.717, 1.165) is 43.5 Å². The molecular formula is C40H41F4N7O3. The molecule has 5 aromatic rings. The molecule has 9 rings (SSSR count). The van der Waals surface area contributed by atoms with Crippen LogP contribution in [0.3, 0.4) is 0 Å². The highest BCUT2D eigenvalue weighted by atomic mass is 19.1. The van der Waals surface area contributed by atoms with Crippen LogP contribution < -0.4 is 15.0 Å². The molecule has 3 fully saturated rings. The molecular weight excluding hydrogens is 702 g/mol. The van der Waals surface area contributed by atoms with Crippen molar-refractivity contribution < 1.29 is 32.2 Å². The monoisotopic (exact) mass is 743 g/mol. The van der Waals surface area contributed by atoms with Gasteiger partial charge in [-0.25, -0.2) is 17.6 Å². The van der Waals surface area contributed by atoms with E-state index in [9.17, 15) is 14.3 Å². The Morgan fingerprint density at radius 3 is 2.69 bits per heavy atom. The van der Waals surface area contributed by atoms with Gasteiger partial charge in [-0.05, 0) is 97.2 Å². The SMILES string of the molecule is CCc1c(F)ccc2cc(O)cc(-c3c(F)cc4c(N5CCCn6nc(C(=O)NC)c(C7CC7)c6C5)nc(OC[C@@]56CCCN5C[C@H](F)C6)nc4c3F)c12. The van der Waals surface area contributed by atoms with E-state index in [-0.39, 0.29) is 71.0 Å². The number of aromatic nitrogens is 4. The van der Waals surface area contributed by atoms with Crippen molar-refractivity contribution in [2.75, 3.05) is 38.2 Å². The molecule has 5 heterocycles. The Hall–Kier alpha value is -4.98. The lowest BCUT2D eigenvalue weighted by Crippen LogP contribution is -2.43. The summed E-state index contributed by atoms with van der Waals surface area (Å²) in [6.45, 7) is 4.19. The van der Waals surface area contributed by atoms with Gasteiger partial charge in [0, 0.05) is 44.1 Å². The van der Waals surface area contributed by atoms with Gasteiger partial charge < -0.3 is 20.1 Å². The first-order valence-corrected chi connectivity index (χ1v) is 18.8. The number of ether oxygens (including phenoxy) is 1. The minimum atomic E-state index is -1.01. The van der Waals surface area contributed by atoms with E-state index in [0.29, 0.717) is 48.9 Å². The molecule has 2 N–H and O–H groups in total. The van der Waals surface area contributed by atoms with Gasteiger partial charge in [-0.1, -0.05) is 13.0 Å². The third-order valence-corrected chi connectivity index (χ3v) is 11.8. The predicted molar refractivity (Wildman–Crippen MR) is 195 cm³/mol. The fourth-order valence-electron chi connectivity index (χ4n) is 9.20. The van der Waals surface area contributed by atoms with E-state index in [1.165, 1.54) is 30.3 Å². The van der Waals surface area contributed by atoms with Crippen LogP contribution in [0.2, 0.25) is 0 Å².